The van der Waals surface area contributed by atoms with Crippen molar-refractivity contribution in [2.45, 2.75) is 18.3 Å². The van der Waals surface area contributed by atoms with Gasteiger partial charge in [-0.1, -0.05) is 6.07 Å². The van der Waals surface area contributed by atoms with Crippen molar-refractivity contribution in [1.82, 2.24) is 0 Å². The Morgan fingerprint density at radius 1 is 1.50 bits per heavy atom. The van der Waals surface area contributed by atoms with E-state index in [1.54, 1.807) is 6.07 Å². The van der Waals surface area contributed by atoms with E-state index in [1.807, 2.05) is 0 Å². The van der Waals surface area contributed by atoms with Crippen LogP contribution in [0.15, 0.2) is 16.6 Å². The molecule has 0 amide bonds. The first-order chi connectivity index (χ1) is 6.60. The molecule has 0 atom stereocenters. The Bertz CT molecular complexity index is 377. The standard InChI is InChI=1S/C10H11BrFNO/c11-8-7(14)2-1-6(9(8)12)10(5-13)3-4-10/h1-2,14H,3-5,13H2. The highest BCUT2D eigenvalue weighted by molar-refractivity contribution is 9.10. The molecule has 1 aromatic carbocycles. The summed E-state index contributed by atoms with van der Waals surface area (Å²) in [7, 11) is 0. The van der Waals surface area contributed by atoms with Gasteiger partial charge in [0.25, 0.3) is 0 Å². The van der Waals surface area contributed by atoms with Gasteiger partial charge >= 0.3 is 0 Å². The van der Waals surface area contributed by atoms with Crippen molar-refractivity contribution < 1.29 is 9.50 Å². The van der Waals surface area contributed by atoms with Gasteiger partial charge in [-0.3, -0.25) is 0 Å². The molecule has 0 saturated heterocycles. The van der Waals surface area contributed by atoms with Crippen LogP contribution in [0.2, 0.25) is 0 Å². The Hall–Kier alpha value is -0.610. The number of halogens is 2. The molecule has 76 valence electrons. The first-order valence-corrected chi connectivity index (χ1v) is 5.27. The fourth-order valence-corrected chi connectivity index (χ4v) is 2.03. The largest absolute Gasteiger partial charge is 0.507 e. The summed E-state index contributed by atoms with van der Waals surface area (Å²) in [4.78, 5) is 0. The normalized spacial score (nSPS) is 18.2. The first kappa shape index (κ1) is 9.93. The average molecular weight is 260 g/mol. The minimum Gasteiger partial charge on any atom is -0.507 e. The van der Waals surface area contributed by atoms with Gasteiger partial charge in [0.2, 0.25) is 0 Å². The third-order valence-electron chi connectivity index (χ3n) is 2.88. The number of nitrogens with two attached hydrogens (primary N) is 1. The number of hydrogen-bond donors (Lipinski definition) is 2. The van der Waals surface area contributed by atoms with E-state index in [0.717, 1.165) is 12.8 Å². The van der Waals surface area contributed by atoms with Crippen LogP contribution in [0.4, 0.5) is 4.39 Å². The van der Waals surface area contributed by atoms with Crippen LogP contribution in [0.5, 0.6) is 5.75 Å². The van der Waals surface area contributed by atoms with Gasteiger partial charge in [0, 0.05) is 12.0 Å². The highest BCUT2D eigenvalue weighted by atomic mass is 79.9. The Morgan fingerprint density at radius 2 is 2.14 bits per heavy atom. The number of benzene rings is 1. The lowest BCUT2D eigenvalue weighted by molar-refractivity contribution is 0.460. The highest BCUT2D eigenvalue weighted by Crippen LogP contribution is 2.49. The molecule has 0 aliphatic heterocycles. The maximum Gasteiger partial charge on any atom is 0.144 e. The fourth-order valence-electron chi connectivity index (χ4n) is 1.68. The minimum absolute atomic E-state index is 0.0703. The highest BCUT2D eigenvalue weighted by Gasteiger charge is 2.45. The van der Waals surface area contributed by atoms with Crippen molar-refractivity contribution in [1.29, 1.82) is 0 Å². The number of aromatic hydroxyl groups is 1. The van der Waals surface area contributed by atoms with Crippen molar-refractivity contribution >= 4 is 15.9 Å². The number of phenolic OH excluding ortho intramolecular Hbond substituents is 1. The van der Waals surface area contributed by atoms with Crippen molar-refractivity contribution in [3.8, 4) is 5.75 Å². The fraction of sp³-hybridized carbons (Fsp3) is 0.400. The van der Waals surface area contributed by atoms with Gasteiger partial charge in [0.05, 0.1) is 4.47 Å². The lowest BCUT2D eigenvalue weighted by atomic mass is 9.95. The van der Waals surface area contributed by atoms with Crippen molar-refractivity contribution in [2.75, 3.05) is 6.54 Å². The molecule has 1 fully saturated rings. The molecule has 2 rings (SSSR count). The van der Waals surface area contributed by atoms with Gasteiger partial charge in [-0.25, -0.2) is 4.39 Å². The molecule has 1 aliphatic carbocycles. The molecule has 14 heavy (non-hydrogen) atoms. The molecule has 4 heteroatoms. The molecular weight excluding hydrogens is 249 g/mol. The minimum atomic E-state index is -0.382. The second-order valence-corrected chi connectivity index (χ2v) is 4.54. The number of rotatable bonds is 2. The Labute approximate surface area is 90.1 Å². The van der Waals surface area contributed by atoms with E-state index in [2.05, 4.69) is 15.9 Å². The van der Waals surface area contributed by atoms with E-state index in [4.69, 9.17) is 5.73 Å². The van der Waals surface area contributed by atoms with Crippen LogP contribution in [-0.2, 0) is 5.41 Å². The lowest BCUT2D eigenvalue weighted by Crippen LogP contribution is -2.21. The van der Waals surface area contributed by atoms with Crippen LogP contribution in [0.25, 0.3) is 0 Å². The van der Waals surface area contributed by atoms with Crippen molar-refractivity contribution in [2.24, 2.45) is 5.73 Å². The summed E-state index contributed by atoms with van der Waals surface area (Å²) in [6.45, 7) is 0.459. The smallest absolute Gasteiger partial charge is 0.144 e. The number of phenols is 1. The third kappa shape index (κ3) is 1.33. The van der Waals surface area contributed by atoms with Crippen molar-refractivity contribution in [3.05, 3.63) is 28.0 Å². The van der Waals surface area contributed by atoms with Gasteiger partial charge in [0.15, 0.2) is 0 Å². The molecule has 0 heterocycles. The van der Waals surface area contributed by atoms with Crippen LogP contribution in [0.1, 0.15) is 18.4 Å². The molecule has 0 bridgehead atoms. The van der Waals surface area contributed by atoms with Crippen LogP contribution in [0.3, 0.4) is 0 Å². The summed E-state index contributed by atoms with van der Waals surface area (Å²) < 4.78 is 13.9. The van der Waals surface area contributed by atoms with Crippen molar-refractivity contribution in [3.63, 3.8) is 0 Å². The van der Waals surface area contributed by atoms with Gasteiger partial charge in [-0.05, 0) is 40.4 Å². The van der Waals surface area contributed by atoms with E-state index in [0.29, 0.717) is 12.1 Å². The summed E-state index contributed by atoms with van der Waals surface area (Å²) >= 11 is 3.01. The average Bonchev–Trinajstić information content (AvgIpc) is 2.95. The van der Waals surface area contributed by atoms with Gasteiger partial charge in [-0.2, -0.15) is 0 Å². The Balaban J connectivity index is 2.50. The van der Waals surface area contributed by atoms with Crippen LogP contribution < -0.4 is 5.73 Å². The maximum atomic E-state index is 13.7. The second kappa shape index (κ2) is 3.21. The SMILES string of the molecule is NCC1(c2ccc(O)c(Br)c2F)CC1. The summed E-state index contributed by atoms with van der Waals surface area (Å²) in [5.74, 6) is -0.452. The monoisotopic (exact) mass is 259 g/mol. The van der Waals surface area contributed by atoms with Gasteiger partial charge in [-0.15, -0.1) is 0 Å². The summed E-state index contributed by atoms with van der Waals surface area (Å²) in [5, 5.41) is 9.27. The topological polar surface area (TPSA) is 46.2 Å². The molecule has 3 N–H and O–H groups in total. The van der Waals surface area contributed by atoms with E-state index in [-0.39, 0.29) is 21.5 Å². The van der Waals surface area contributed by atoms with E-state index in [9.17, 15) is 9.50 Å². The van der Waals surface area contributed by atoms with Gasteiger partial charge in [0.1, 0.15) is 11.6 Å². The second-order valence-electron chi connectivity index (χ2n) is 3.74. The van der Waals surface area contributed by atoms with Crippen LogP contribution in [-0.4, -0.2) is 11.7 Å². The quantitative estimate of drug-likeness (QED) is 0.856. The first-order valence-electron chi connectivity index (χ1n) is 4.48. The van der Waals surface area contributed by atoms with Gasteiger partial charge < -0.3 is 10.8 Å². The zero-order valence-corrected chi connectivity index (χ0v) is 9.14. The predicted octanol–water partition coefficient (Wildman–Crippen LogP) is 2.28. The van der Waals surface area contributed by atoms with E-state index in [1.165, 1.54) is 6.07 Å². The molecule has 0 radical (unpaired) electrons. The molecule has 2 nitrogen and oxygen atoms in total. The third-order valence-corrected chi connectivity index (χ3v) is 3.63. The number of hydrogen-bond acceptors (Lipinski definition) is 2. The molecule has 1 aromatic rings. The molecule has 1 aliphatic rings. The Morgan fingerprint density at radius 3 is 2.64 bits per heavy atom. The lowest BCUT2D eigenvalue weighted by Gasteiger charge is -2.14. The summed E-state index contributed by atoms with van der Waals surface area (Å²) in [5.41, 5.74) is 6.05. The molecule has 0 unspecified atom stereocenters. The predicted molar refractivity (Wildman–Crippen MR) is 55.7 cm³/mol. The molecule has 0 aromatic heterocycles. The van der Waals surface area contributed by atoms with Crippen LogP contribution >= 0.6 is 15.9 Å². The summed E-state index contributed by atoms with van der Waals surface area (Å²) in [6.07, 6.45) is 1.86. The molecule has 0 spiro atoms. The zero-order chi connectivity index (χ0) is 10.3. The van der Waals surface area contributed by atoms with E-state index < -0.39 is 0 Å². The molecular formula is C10H11BrFNO. The van der Waals surface area contributed by atoms with E-state index >= 15 is 0 Å². The summed E-state index contributed by atoms with van der Waals surface area (Å²) in [6, 6.07) is 3.12. The maximum absolute atomic E-state index is 13.7. The molecule has 1 saturated carbocycles. The Kier molecular flexibility index (Phi) is 2.27. The zero-order valence-electron chi connectivity index (χ0n) is 7.56. The van der Waals surface area contributed by atoms with Crippen LogP contribution in [0, 0.1) is 5.82 Å².